The molecule has 1 fully saturated rings. The molecule has 1 unspecified atom stereocenters. The third kappa shape index (κ3) is 3.09. The number of aliphatic hydroxyl groups is 1. The number of benzene rings is 1. The fourth-order valence-corrected chi connectivity index (χ4v) is 3.91. The number of hydrogen-bond acceptors (Lipinski definition) is 3. The first-order valence-corrected chi connectivity index (χ1v) is 8.58. The maximum Gasteiger partial charge on any atom is 0.294 e. The molecule has 0 radical (unpaired) electrons. The minimum absolute atomic E-state index is 0.0200. The van der Waals surface area contributed by atoms with Crippen molar-refractivity contribution < 1.29 is 19.1 Å². The number of Topliss-reactive ketones (excluding diaryl/α,β-unsaturated/α-hetero) is 1. The fraction of sp³-hybridized carbons (Fsp3) is 0.368. The van der Waals surface area contributed by atoms with Gasteiger partial charge in [0.25, 0.3) is 5.91 Å². The van der Waals surface area contributed by atoms with Crippen molar-refractivity contribution in [2.45, 2.75) is 38.6 Å². The van der Waals surface area contributed by atoms with E-state index in [0.29, 0.717) is 0 Å². The molecule has 1 atom stereocenters. The quantitative estimate of drug-likeness (QED) is 0.812. The topological polar surface area (TPSA) is 57.6 Å². The number of carbonyl (C=O) groups is 2. The molecule has 1 saturated carbocycles. The van der Waals surface area contributed by atoms with E-state index in [-0.39, 0.29) is 28.0 Å². The highest BCUT2D eigenvalue weighted by Crippen LogP contribution is 2.42. The first kappa shape index (κ1) is 17.7. The number of rotatable bonds is 3. The van der Waals surface area contributed by atoms with Gasteiger partial charge in [-0.25, -0.2) is 4.39 Å². The highest BCUT2D eigenvalue weighted by molar-refractivity contribution is 6.30. The van der Waals surface area contributed by atoms with E-state index in [4.69, 9.17) is 11.6 Å². The molecule has 25 heavy (non-hydrogen) atoms. The van der Waals surface area contributed by atoms with Gasteiger partial charge in [-0.1, -0.05) is 23.8 Å². The second-order valence-corrected chi connectivity index (χ2v) is 7.06. The number of aliphatic hydroxyl groups excluding tert-OH is 1. The van der Waals surface area contributed by atoms with Gasteiger partial charge in [-0.3, -0.25) is 14.5 Å². The van der Waals surface area contributed by atoms with Gasteiger partial charge in [-0.05, 0) is 56.7 Å². The minimum Gasteiger partial charge on any atom is -0.503 e. The lowest BCUT2D eigenvalue weighted by Gasteiger charge is -2.35. The van der Waals surface area contributed by atoms with Crippen molar-refractivity contribution in [2.24, 2.45) is 5.92 Å². The van der Waals surface area contributed by atoms with Gasteiger partial charge < -0.3 is 5.11 Å². The number of ketones is 1. The Morgan fingerprint density at radius 3 is 2.56 bits per heavy atom. The van der Waals surface area contributed by atoms with Crippen LogP contribution in [-0.4, -0.2) is 22.8 Å². The standard InChI is InChI=1S/C19H19ClFNO3/c1-10-3-5-12(6-4-10)17-16(11(2)23)18(24)19(25)22(17)15-8-7-13(20)9-14(15)21/h7-9,12,17,24H,1,3-6H2,2H3. The lowest BCUT2D eigenvalue weighted by molar-refractivity contribution is -0.117. The molecule has 6 heteroatoms. The van der Waals surface area contributed by atoms with Crippen LogP contribution in [0.1, 0.15) is 32.6 Å². The smallest absolute Gasteiger partial charge is 0.294 e. The Labute approximate surface area is 150 Å². The summed E-state index contributed by atoms with van der Waals surface area (Å²) in [5.74, 6) is -2.43. The van der Waals surface area contributed by atoms with Crippen molar-refractivity contribution in [3.8, 4) is 0 Å². The van der Waals surface area contributed by atoms with Crippen molar-refractivity contribution in [1.82, 2.24) is 0 Å². The number of anilines is 1. The van der Waals surface area contributed by atoms with E-state index >= 15 is 0 Å². The summed E-state index contributed by atoms with van der Waals surface area (Å²) in [6.07, 6.45) is 3.04. The van der Waals surface area contributed by atoms with Crippen molar-refractivity contribution in [1.29, 1.82) is 0 Å². The normalized spacial score (nSPS) is 22.0. The monoisotopic (exact) mass is 363 g/mol. The Hall–Kier alpha value is -2.14. The third-order valence-corrected chi connectivity index (χ3v) is 5.22. The van der Waals surface area contributed by atoms with Crippen molar-refractivity contribution >= 4 is 29.0 Å². The van der Waals surface area contributed by atoms with Gasteiger partial charge in [-0.15, -0.1) is 0 Å². The largest absolute Gasteiger partial charge is 0.503 e. The van der Waals surface area contributed by atoms with Gasteiger partial charge in [-0.2, -0.15) is 0 Å². The molecule has 1 aromatic rings. The van der Waals surface area contributed by atoms with E-state index < -0.39 is 23.5 Å². The van der Waals surface area contributed by atoms with Crippen LogP contribution in [0.4, 0.5) is 10.1 Å². The van der Waals surface area contributed by atoms with Gasteiger partial charge in [0, 0.05) is 5.02 Å². The van der Waals surface area contributed by atoms with Gasteiger partial charge >= 0.3 is 0 Å². The molecule has 0 bridgehead atoms. The van der Waals surface area contributed by atoms with Crippen LogP contribution in [-0.2, 0) is 9.59 Å². The SMILES string of the molecule is C=C1CCC(C2C(C(C)=O)=C(O)C(=O)N2c2ccc(Cl)cc2F)CC1. The molecule has 0 aromatic heterocycles. The average molecular weight is 364 g/mol. The fourth-order valence-electron chi connectivity index (χ4n) is 3.75. The highest BCUT2D eigenvalue weighted by atomic mass is 35.5. The van der Waals surface area contributed by atoms with Gasteiger partial charge in [0.15, 0.2) is 11.5 Å². The molecule has 1 aliphatic heterocycles. The molecule has 1 N–H and O–H groups in total. The summed E-state index contributed by atoms with van der Waals surface area (Å²) in [6.45, 7) is 5.29. The van der Waals surface area contributed by atoms with Crippen LogP contribution in [0.3, 0.4) is 0 Å². The Morgan fingerprint density at radius 2 is 2.00 bits per heavy atom. The molecule has 2 aliphatic rings. The molecule has 1 aromatic carbocycles. The van der Waals surface area contributed by atoms with Crippen LogP contribution < -0.4 is 4.90 Å². The van der Waals surface area contributed by atoms with Gasteiger partial charge in [0.1, 0.15) is 5.82 Å². The average Bonchev–Trinajstić information content (AvgIpc) is 2.80. The zero-order valence-corrected chi connectivity index (χ0v) is 14.6. The number of allylic oxidation sites excluding steroid dienone is 1. The van der Waals surface area contributed by atoms with Crippen LogP contribution in [0.15, 0.2) is 41.7 Å². The first-order valence-electron chi connectivity index (χ1n) is 8.20. The summed E-state index contributed by atoms with van der Waals surface area (Å²) in [5, 5.41) is 10.5. The predicted molar refractivity (Wildman–Crippen MR) is 94.1 cm³/mol. The zero-order valence-electron chi connectivity index (χ0n) is 13.9. The Bertz CT molecular complexity index is 792. The number of halogens is 2. The Morgan fingerprint density at radius 1 is 1.36 bits per heavy atom. The van der Waals surface area contributed by atoms with Crippen LogP contribution in [0.2, 0.25) is 5.02 Å². The lowest BCUT2D eigenvalue weighted by atomic mass is 9.78. The second kappa shape index (κ2) is 6.64. The van der Waals surface area contributed by atoms with Crippen molar-refractivity contribution in [2.75, 3.05) is 4.90 Å². The highest BCUT2D eigenvalue weighted by Gasteiger charge is 2.47. The van der Waals surface area contributed by atoms with Crippen LogP contribution in [0.25, 0.3) is 0 Å². The van der Waals surface area contributed by atoms with E-state index in [1.165, 1.54) is 24.0 Å². The molecule has 1 amide bonds. The number of carbonyl (C=O) groups excluding carboxylic acids is 2. The summed E-state index contributed by atoms with van der Waals surface area (Å²) < 4.78 is 14.5. The maximum atomic E-state index is 14.5. The summed E-state index contributed by atoms with van der Waals surface area (Å²) >= 11 is 5.80. The minimum atomic E-state index is -0.749. The summed E-state index contributed by atoms with van der Waals surface area (Å²) in [5.41, 5.74) is 1.21. The third-order valence-electron chi connectivity index (χ3n) is 4.98. The molecule has 0 spiro atoms. The van der Waals surface area contributed by atoms with Crippen LogP contribution in [0, 0.1) is 11.7 Å². The summed E-state index contributed by atoms with van der Waals surface area (Å²) in [4.78, 5) is 25.9. The molecule has 132 valence electrons. The van der Waals surface area contributed by atoms with E-state index in [1.807, 2.05) is 0 Å². The summed E-state index contributed by atoms with van der Waals surface area (Å²) in [6, 6.07) is 3.33. The van der Waals surface area contributed by atoms with E-state index in [0.717, 1.165) is 37.3 Å². The van der Waals surface area contributed by atoms with Gasteiger partial charge in [0.2, 0.25) is 0 Å². The van der Waals surface area contributed by atoms with E-state index in [2.05, 4.69) is 6.58 Å². The maximum absolute atomic E-state index is 14.5. The Kier molecular flexibility index (Phi) is 4.69. The zero-order chi connectivity index (χ0) is 18.3. The Balaban J connectivity index is 2.07. The van der Waals surface area contributed by atoms with E-state index in [9.17, 15) is 19.1 Å². The number of amides is 1. The van der Waals surface area contributed by atoms with Crippen LogP contribution >= 0.6 is 11.6 Å². The van der Waals surface area contributed by atoms with E-state index in [1.54, 1.807) is 0 Å². The van der Waals surface area contributed by atoms with Crippen molar-refractivity contribution in [3.63, 3.8) is 0 Å². The molecular formula is C19H19ClFNO3. The lowest BCUT2D eigenvalue weighted by Crippen LogP contribution is -2.43. The second-order valence-electron chi connectivity index (χ2n) is 6.62. The van der Waals surface area contributed by atoms with Crippen LogP contribution in [0.5, 0.6) is 0 Å². The number of nitrogens with zero attached hydrogens (tertiary/aromatic N) is 1. The molecule has 1 heterocycles. The molecule has 3 rings (SSSR count). The molecular weight excluding hydrogens is 345 g/mol. The summed E-state index contributed by atoms with van der Waals surface area (Å²) in [7, 11) is 0. The van der Waals surface area contributed by atoms with Gasteiger partial charge in [0.05, 0.1) is 17.3 Å². The molecule has 4 nitrogen and oxygen atoms in total. The molecule has 1 aliphatic carbocycles. The number of hydrogen-bond donors (Lipinski definition) is 1. The predicted octanol–water partition coefficient (Wildman–Crippen LogP) is 4.34. The first-order chi connectivity index (χ1) is 11.8. The molecule has 0 saturated heterocycles. The van der Waals surface area contributed by atoms with Crippen molar-refractivity contribution in [3.05, 3.63) is 52.5 Å².